The molecule has 0 spiro atoms. The number of carbonyl (C=O) groups is 2. The van der Waals surface area contributed by atoms with E-state index in [1.54, 1.807) is 6.92 Å². The second kappa shape index (κ2) is 9.98. The summed E-state index contributed by atoms with van der Waals surface area (Å²) in [5.74, 6) is 1.35. The first-order chi connectivity index (χ1) is 18.8. The van der Waals surface area contributed by atoms with Crippen molar-refractivity contribution in [3.8, 4) is 11.3 Å². The summed E-state index contributed by atoms with van der Waals surface area (Å²) in [7, 11) is 1.99. The maximum Gasteiger partial charge on any atom is 0.250 e. The Morgan fingerprint density at radius 1 is 1.10 bits per heavy atom. The van der Waals surface area contributed by atoms with Gasteiger partial charge in [-0.2, -0.15) is 0 Å². The van der Waals surface area contributed by atoms with Crippen molar-refractivity contribution in [3.05, 3.63) is 54.4 Å². The minimum absolute atomic E-state index is 0.0383. The Morgan fingerprint density at radius 2 is 1.87 bits per heavy atom. The number of aromatic nitrogens is 3. The van der Waals surface area contributed by atoms with Crippen LogP contribution >= 0.6 is 0 Å². The lowest BCUT2D eigenvalue weighted by molar-refractivity contribution is -0.137. The number of allylic oxidation sites excluding steroid dienone is 2. The van der Waals surface area contributed by atoms with E-state index in [0.29, 0.717) is 29.0 Å². The number of nitrogens with one attached hydrogen (secondary N) is 1. The Morgan fingerprint density at radius 3 is 2.54 bits per heavy atom. The van der Waals surface area contributed by atoms with E-state index in [1.165, 1.54) is 31.2 Å². The number of aryl methyl sites for hydroxylation is 1. The highest BCUT2D eigenvalue weighted by Gasteiger charge is 2.41. The van der Waals surface area contributed by atoms with Gasteiger partial charge in [-0.25, -0.2) is 9.97 Å². The van der Waals surface area contributed by atoms with Crippen LogP contribution in [-0.4, -0.2) is 43.8 Å². The Bertz CT molecular complexity index is 1500. The Balaban J connectivity index is 1.33. The summed E-state index contributed by atoms with van der Waals surface area (Å²) in [6.45, 7) is 6.30. The first-order valence-corrected chi connectivity index (χ1v) is 14.0. The molecule has 1 saturated heterocycles. The number of nitrogens with two attached hydrogens (primary N) is 1. The van der Waals surface area contributed by atoms with E-state index >= 15 is 0 Å². The van der Waals surface area contributed by atoms with Crippen molar-refractivity contribution in [1.82, 2.24) is 19.4 Å². The SMILES string of the molecule is C=C(C)C(=O)Nc1ccc(-c2c(C3=CC[C@@H](C(=O)N4CCC[C@@H]4C4CC4)CC3)c3c(N)ncnc3n2C)cc1. The third kappa shape index (κ3) is 4.62. The van der Waals surface area contributed by atoms with E-state index < -0.39 is 0 Å². The minimum Gasteiger partial charge on any atom is -0.383 e. The zero-order valence-electron chi connectivity index (χ0n) is 22.7. The number of benzene rings is 1. The molecule has 39 heavy (non-hydrogen) atoms. The molecule has 202 valence electrons. The van der Waals surface area contributed by atoms with Crippen molar-refractivity contribution < 1.29 is 9.59 Å². The molecule has 2 aromatic heterocycles. The number of hydrogen-bond acceptors (Lipinski definition) is 5. The molecule has 2 amide bonds. The van der Waals surface area contributed by atoms with E-state index in [0.717, 1.165) is 66.0 Å². The number of hydrogen-bond donors (Lipinski definition) is 2. The molecule has 8 nitrogen and oxygen atoms in total. The maximum atomic E-state index is 13.5. The van der Waals surface area contributed by atoms with Crippen LogP contribution in [0, 0.1) is 11.8 Å². The average molecular weight is 525 g/mol. The van der Waals surface area contributed by atoms with Crippen LogP contribution in [0.25, 0.3) is 27.9 Å². The van der Waals surface area contributed by atoms with Gasteiger partial charge < -0.3 is 20.5 Å². The van der Waals surface area contributed by atoms with Crippen LogP contribution < -0.4 is 11.1 Å². The molecule has 0 unspecified atom stereocenters. The van der Waals surface area contributed by atoms with Gasteiger partial charge in [0.15, 0.2) is 0 Å². The van der Waals surface area contributed by atoms with Gasteiger partial charge in [-0.15, -0.1) is 0 Å². The molecule has 0 bridgehead atoms. The smallest absolute Gasteiger partial charge is 0.250 e. The van der Waals surface area contributed by atoms with Crippen LogP contribution in [0.1, 0.15) is 57.4 Å². The monoisotopic (exact) mass is 524 g/mol. The highest BCUT2D eigenvalue weighted by Crippen LogP contribution is 2.44. The molecule has 6 rings (SSSR count). The lowest BCUT2D eigenvalue weighted by Gasteiger charge is -2.30. The molecule has 3 N–H and O–H groups in total. The maximum absolute atomic E-state index is 13.5. The molecule has 3 aliphatic rings. The molecule has 1 aromatic carbocycles. The van der Waals surface area contributed by atoms with Crippen LogP contribution in [0.2, 0.25) is 0 Å². The highest BCUT2D eigenvalue weighted by atomic mass is 16.2. The predicted octanol–water partition coefficient (Wildman–Crippen LogP) is 5.32. The van der Waals surface area contributed by atoms with Gasteiger partial charge in [0, 0.05) is 42.4 Å². The van der Waals surface area contributed by atoms with Crippen LogP contribution in [0.5, 0.6) is 0 Å². The number of anilines is 2. The topological polar surface area (TPSA) is 106 Å². The van der Waals surface area contributed by atoms with E-state index in [4.69, 9.17) is 5.73 Å². The number of fused-ring (bicyclic) bond motifs is 1. The van der Waals surface area contributed by atoms with Crippen LogP contribution in [-0.2, 0) is 16.6 Å². The standard InChI is InChI=1S/C31H36N6O2/c1-18(2)30(38)35-23-14-12-21(13-15-23)27-25(26-28(32)33-17-34-29(26)36(27)3)20-8-10-22(11-9-20)31(39)37-16-4-5-24(37)19-6-7-19/h8,12-15,17,19,22,24H,1,4-7,9-11,16H2,2-3H3,(H,35,38)(H2,32,33,34)/t22-,24-/m1/s1. The van der Waals surface area contributed by atoms with E-state index in [-0.39, 0.29) is 11.8 Å². The van der Waals surface area contributed by atoms with Gasteiger partial charge in [-0.1, -0.05) is 24.8 Å². The van der Waals surface area contributed by atoms with Crippen LogP contribution in [0.3, 0.4) is 0 Å². The van der Waals surface area contributed by atoms with Crippen molar-refractivity contribution in [2.45, 2.75) is 57.9 Å². The summed E-state index contributed by atoms with van der Waals surface area (Å²) in [6.07, 6.45) is 10.9. The highest BCUT2D eigenvalue weighted by molar-refractivity contribution is 6.05. The van der Waals surface area contributed by atoms with Crippen molar-refractivity contribution >= 4 is 39.9 Å². The summed E-state index contributed by atoms with van der Waals surface area (Å²) in [6, 6.07) is 8.24. The minimum atomic E-state index is -0.204. The predicted molar refractivity (Wildman–Crippen MR) is 155 cm³/mol. The van der Waals surface area contributed by atoms with Gasteiger partial charge in [0.05, 0.1) is 11.1 Å². The largest absolute Gasteiger partial charge is 0.383 e. The third-order valence-electron chi connectivity index (χ3n) is 8.63. The molecule has 3 heterocycles. The zero-order valence-corrected chi connectivity index (χ0v) is 22.7. The number of carbonyl (C=O) groups excluding carboxylic acids is 2. The summed E-state index contributed by atoms with van der Waals surface area (Å²) in [5, 5.41) is 3.71. The summed E-state index contributed by atoms with van der Waals surface area (Å²) in [4.78, 5) is 36.7. The number of amides is 2. The van der Waals surface area contributed by atoms with Crippen LogP contribution in [0.15, 0.2) is 48.8 Å². The van der Waals surface area contributed by atoms with E-state index in [1.807, 2.05) is 31.3 Å². The number of nitrogen functional groups attached to an aromatic ring is 1. The van der Waals surface area contributed by atoms with Gasteiger partial charge in [0.25, 0.3) is 5.91 Å². The van der Waals surface area contributed by atoms with Crippen molar-refractivity contribution in [3.63, 3.8) is 0 Å². The lowest BCUT2D eigenvalue weighted by atomic mass is 9.84. The number of likely N-dealkylation sites (tertiary alicyclic amines) is 1. The fourth-order valence-corrected chi connectivity index (χ4v) is 6.43. The second-order valence-corrected chi connectivity index (χ2v) is 11.3. The molecule has 1 aliphatic heterocycles. The summed E-state index contributed by atoms with van der Waals surface area (Å²) in [5.41, 5.74) is 12.6. The molecular formula is C31H36N6O2. The third-order valence-corrected chi connectivity index (χ3v) is 8.63. The van der Waals surface area contributed by atoms with Gasteiger partial charge >= 0.3 is 0 Å². The van der Waals surface area contributed by atoms with Gasteiger partial charge in [0.1, 0.15) is 17.8 Å². The van der Waals surface area contributed by atoms with E-state index in [2.05, 4.69) is 37.4 Å². The quantitative estimate of drug-likeness (QED) is 0.425. The lowest BCUT2D eigenvalue weighted by Crippen LogP contribution is -2.41. The Hall–Kier alpha value is -3.94. The molecule has 8 heteroatoms. The molecule has 0 radical (unpaired) electrons. The Kier molecular flexibility index (Phi) is 6.49. The van der Waals surface area contributed by atoms with Gasteiger partial charge in [-0.05, 0) is 81.1 Å². The average Bonchev–Trinajstić information content (AvgIpc) is 3.59. The van der Waals surface area contributed by atoms with E-state index in [9.17, 15) is 9.59 Å². The van der Waals surface area contributed by atoms with Gasteiger partial charge in [0.2, 0.25) is 5.91 Å². The van der Waals surface area contributed by atoms with Gasteiger partial charge in [-0.3, -0.25) is 9.59 Å². The zero-order chi connectivity index (χ0) is 27.3. The fourth-order valence-electron chi connectivity index (χ4n) is 6.43. The van der Waals surface area contributed by atoms with Crippen molar-refractivity contribution in [2.75, 3.05) is 17.6 Å². The molecular weight excluding hydrogens is 488 g/mol. The van der Waals surface area contributed by atoms with Crippen molar-refractivity contribution in [2.24, 2.45) is 18.9 Å². The number of rotatable bonds is 6. The van der Waals surface area contributed by atoms with Crippen molar-refractivity contribution in [1.29, 1.82) is 0 Å². The second-order valence-electron chi connectivity index (χ2n) is 11.3. The molecule has 2 aliphatic carbocycles. The first kappa shape index (κ1) is 25.3. The fraction of sp³-hybridized carbons (Fsp3) is 0.419. The molecule has 2 fully saturated rings. The normalized spacial score (nSPS) is 21.2. The first-order valence-electron chi connectivity index (χ1n) is 14.0. The molecule has 3 aromatic rings. The summed E-state index contributed by atoms with van der Waals surface area (Å²) >= 11 is 0. The Labute approximate surface area is 229 Å². The molecule has 1 saturated carbocycles. The summed E-state index contributed by atoms with van der Waals surface area (Å²) < 4.78 is 2.06. The van der Waals surface area contributed by atoms with Crippen LogP contribution in [0.4, 0.5) is 11.5 Å². The number of nitrogens with zero attached hydrogens (tertiary/aromatic N) is 4. The molecule has 2 atom stereocenters.